The average molecular weight is 425 g/mol. The fourth-order valence-corrected chi connectivity index (χ4v) is 3.75. The van der Waals surface area contributed by atoms with Crippen LogP contribution in [0.3, 0.4) is 0 Å². The molecular weight excluding hydrogens is 396 g/mol. The van der Waals surface area contributed by atoms with E-state index in [1.54, 1.807) is 0 Å². The number of aromatic nitrogens is 2. The highest BCUT2D eigenvalue weighted by Gasteiger charge is 2.15. The van der Waals surface area contributed by atoms with Gasteiger partial charge in [0.15, 0.2) is 0 Å². The van der Waals surface area contributed by atoms with Gasteiger partial charge in [0.2, 0.25) is 0 Å². The Balaban J connectivity index is 1.64. The van der Waals surface area contributed by atoms with Gasteiger partial charge in [-0.3, -0.25) is 18.8 Å². The summed E-state index contributed by atoms with van der Waals surface area (Å²) in [6, 6.07) is 19.5. The van der Waals surface area contributed by atoms with Crippen molar-refractivity contribution in [3.63, 3.8) is 0 Å². The van der Waals surface area contributed by atoms with E-state index in [0.717, 1.165) is 48.6 Å². The molecule has 0 aliphatic carbocycles. The number of hydrogen-bond donors (Lipinski definition) is 1. The van der Waals surface area contributed by atoms with Crippen molar-refractivity contribution in [2.45, 2.75) is 19.8 Å². The summed E-state index contributed by atoms with van der Waals surface area (Å²) in [5.41, 5.74) is 3.95. The SMILES string of the molecule is Cc1ccc(N(CCN(CCc2ccccn2)CCc2ccccn2)S(=O)O)cc1. The zero-order valence-corrected chi connectivity index (χ0v) is 18.0. The molecule has 30 heavy (non-hydrogen) atoms. The maximum Gasteiger partial charge on any atom is 0.261 e. The molecule has 0 saturated carbocycles. The zero-order chi connectivity index (χ0) is 21.2. The Labute approximate surface area is 181 Å². The topological polar surface area (TPSA) is 69.6 Å². The van der Waals surface area contributed by atoms with E-state index in [0.29, 0.717) is 13.1 Å². The summed E-state index contributed by atoms with van der Waals surface area (Å²) < 4.78 is 23.3. The van der Waals surface area contributed by atoms with Gasteiger partial charge >= 0.3 is 0 Å². The van der Waals surface area contributed by atoms with Crippen LogP contribution >= 0.6 is 0 Å². The quantitative estimate of drug-likeness (QED) is 0.477. The smallest absolute Gasteiger partial charge is 0.261 e. The van der Waals surface area contributed by atoms with Gasteiger partial charge in [0.05, 0.1) is 5.69 Å². The lowest BCUT2D eigenvalue weighted by Crippen LogP contribution is -2.38. The average Bonchev–Trinajstić information content (AvgIpc) is 2.77. The summed E-state index contributed by atoms with van der Waals surface area (Å²) in [4.78, 5) is 11.1. The second-order valence-electron chi connectivity index (χ2n) is 7.15. The van der Waals surface area contributed by atoms with E-state index >= 15 is 0 Å². The van der Waals surface area contributed by atoms with Gasteiger partial charge in [0, 0.05) is 62.8 Å². The number of benzene rings is 1. The second-order valence-corrected chi connectivity index (χ2v) is 8.05. The van der Waals surface area contributed by atoms with Crippen LogP contribution in [-0.4, -0.2) is 49.8 Å². The first-order chi connectivity index (χ1) is 14.6. The van der Waals surface area contributed by atoms with Crippen molar-refractivity contribution >= 4 is 17.0 Å². The molecule has 0 aliphatic rings. The molecule has 0 bridgehead atoms. The zero-order valence-electron chi connectivity index (χ0n) is 17.2. The molecular formula is C23H28N4O2S. The van der Waals surface area contributed by atoms with Crippen LogP contribution in [0.2, 0.25) is 0 Å². The van der Waals surface area contributed by atoms with Gasteiger partial charge in [-0.05, 0) is 43.3 Å². The third kappa shape index (κ3) is 7.02. The molecule has 2 aromatic heterocycles. The van der Waals surface area contributed by atoms with Gasteiger partial charge in [-0.1, -0.05) is 29.8 Å². The molecule has 6 nitrogen and oxygen atoms in total. The maximum absolute atomic E-state index is 12.0. The van der Waals surface area contributed by atoms with E-state index in [1.165, 1.54) is 4.31 Å². The lowest BCUT2D eigenvalue weighted by atomic mass is 10.2. The first-order valence-electron chi connectivity index (χ1n) is 10.1. The molecule has 158 valence electrons. The number of rotatable bonds is 11. The number of nitrogens with zero attached hydrogens (tertiary/aromatic N) is 4. The van der Waals surface area contributed by atoms with Crippen LogP contribution in [0.5, 0.6) is 0 Å². The lowest BCUT2D eigenvalue weighted by Gasteiger charge is -2.26. The Kier molecular flexibility index (Phi) is 8.50. The molecule has 3 rings (SSSR count). The Bertz CT molecular complexity index is 864. The van der Waals surface area contributed by atoms with Crippen molar-refractivity contribution in [2.24, 2.45) is 0 Å². The summed E-state index contributed by atoms with van der Waals surface area (Å²) in [6.45, 7) is 4.77. The molecule has 3 aromatic rings. The van der Waals surface area contributed by atoms with Crippen molar-refractivity contribution in [2.75, 3.05) is 30.5 Å². The van der Waals surface area contributed by atoms with Gasteiger partial charge in [0.25, 0.3) is 11.3 Å². The van der Waals surface area contributed by atoms with Gasteiger partial charge < -0.3 is 4.90 Å². The molecule has 0 spiro atoms. The van der Waals surface area contributed by atoms with Crippen LogP contribution in [0.25, 0.3) is 0 Å². The van der Waals surface area contributed by atoms with E-state index in [-0.39, 0.29) is 0 Å². The normalized spacial score (nSPS) is 12.1. The number of anilines is 1. The number of pyridine rings is 2. The molecule has 0 saturated heterocycles. The summed E-state index contributed by atoms with van der Waals surface area (Å²) in [5, 5.41) is 0. The van der Waals surface area contributed by atoms with E-state index in [9.17, 15) is 8.76 Å². The van der Waals surface area contributed by atoms with E-state index in [2.05, 4.69) is 14.9 Å². The minimum absolute atomic E-state index is 0.455. The van der Waals surface area contributed by atoms with Crippen molar-refractivity contribution in [1.29, 1.82) is 0 Å². The molecule has 7 heteroatoms. The molecule has 1 N–H and O–H groups in total. The van der Waals surface area contributed by atoms with Crippen LogP contribution in [-0.2, 0) is 24.1 Å². The largest absolute Gasteiger partial charge is 0.301 e. The fraction of sp³-hybridized carbons (Fsp3) is 0.304. The molecule has 0 radical (unpaired) electrons. The minimum Gasteiger partial charge on any atom is -0.301 e. The number of aryl methyl sites for hydroxylation is 1. The predicted octanol–water partition coefficient (Wildman–Crippen LogP) is 3.52. The second kappa shape index (κ2) is 11.5. The van der Waals surface area contributed by atoms with Crippen molar-refractivity contribution in [3.8, 4) is 0 Å². The third-order valence-electron chi connectivity index (χ3n) is 4.95. The van der Waals surface area contributed by atoms with Gasteiger partial charge in [-0.25, -0.2) is 4.21 Å². The first kappa shape index (κ1) is 22.1. The Morgan fingerprint density at radius 2 is 1.37 bits per heavy atom. The maximum atomic E-state index is 12.0. The molecule has 0 fully saturated rings. The first-order valence-corrected chi connectivity index (χ1v) is 11.2. The highest BCUT2D eigenvalue weighted by molar-refractivity contribution is 7.80. The Hall–Kier alpha value is -2.61. The molecule has 1 unspecified atom stereocenters. The third-order valence-corrected chi connectivity index (χ3v) is 5.72. The molecule has 2 heterocycles. The van der Waals surface area contributed by atoms with Gasteiger partial charge in [0.1, 0.15) is 0 Å². The fourth-order valence-electron chi connectivity index (χ4n) is 3.21. The van der Waals surface area contributed by atoms with Crippen LogP contribution in [0.1, 0.15) is 17.0 Å². The van der Waals surface area contributed by atoms with Crippen molar-refractivity contribution in [3.05, 3.63) is 90.0 Å². The Morgan fingerprint density at radius 3 is 1.83 bits per heavy atom. The van der Waals surface area contributed by atoms with Gasteiger partial charge in [-0.15, -0.1) is 0 Å². The van der Waals surface area contributed by atoms with Crippen molar-refractivity contribution < 1.29 is 8.76 Å². The molecule has 0 amide bonds. The summed E-state index contributed by atoms with van der Waals surface area (Å²) in [7, 11) is 0. The monoisotopic (exact) mass is 424 g/mol. The minimum atomic E-state index is -2.08. The summed E-state index contributed by atoms with van der Waals surface area (Å²) >= 11 is -2.08. The van der Waals surface area contributed by atoms with Crippen LogP contribution < -0.4 is 4.31 Å². The molecule has 1 aromatic carbocycles. The predicted molar refractivity (Wildman–Crippen MR) is 122 cm³/mol. The highest BCUT2D eigenvalue weighted by Crippen LogP contribution is 2.16. The highest BCUT2D eigenvalue weighted by atomic mass is 32.2. The van der Waals surface area contributed by atoms with E-state index in [4.69, 9.17) is 0 Å². The van der Waals surface area contributed by atoms with Crippen LogP contribution in [0, 0.1) is 6.92 Å². The van der Waals surface area contributed by atoms with E-state index in [1.807, 2.05) is 80.0 Å². The molecule has 0 aliphatic heterocycles. The Morgan fingerprint density at radius 1 is 0.800 bits per heavy atom. The van der Waals surface area contributed by atoms with Crippen LogP contribution in [0.4, 0.5) is 5.69 Å². The number of hydrogen-bond acceptors (Lipinski definition) is 4. The van der Waals surface area contributed by atoms with Crippen LogP contribution in [0.15, 0.2) is 73.1 Å². The summed E-state index contributed by atoms with van der Waals surface area (Å²) in [5.74, 6) is 0. The summed E-state index contributed by atoms with van der Waals surface area (Å²) in [6.07, 6.45) is 5.27. The standard InChI is InChI=1S/C23H28N4O2S/c1-20-8-10-23(11-9-20)27(30(28)29)19-18-26(16-12-21-6-2-4-14-24-21)17-13-22-7-3-5-15-25-22/h2-11,14-15H,12-13,16-19H2,1H3,(H,28,29). The van der Waals surface area contributed by atoms with E-state index < -0.39 is 11.3 Å². The molecule has 1 atom stereocenters. The lowest BCUT2D eigenvalue weighted by molar-refractivity contribution is 0.286. The van der Waals surface area contributed by atoms with Gasteiger partial charge in [-0.2, -0.15) is 0 Å². The van der Waals surface area contributed by atoms with Crippen molar-refractivity contribution in [1.82, 2.24) is 14.9 Å².